The van der Waals surface area contributed by atoms with Crippen LogP contribution >= 0.6 is 0 Å². The van der Waals surface area contributed by atoms with Gasteiger partial charge in [-0.2, -0.15) is 0 Å². The second-order valence-corrected chi connectivity index (χ2v) is 6.35. The van der Waals surface area contributed by atoms with Crippen molar-refractivity contribution < 1.29 is 28.7 Å². The van der Waals surface area contributed by atoms with Gasteiger partial charge < -0.3 is 9.47 Å². The number of hydrogen-bond acceptors (Lipinski definition) is 6. The van der Waals surface area contributed by atoms with Crippen LogP contribution in [0.15, 0.2) is 0 Å². The van der Waals surface area contributed by atoms with Gasteiger partial charge in [0.25, 0.3) is 0 Å². The minimum absolute atomic E-state index is 0.00631. The van der Waals surface area contributed by atoms with E-state index in [9.17, 15) is 19.2 Å². The molecule has 0 bridgehead atoms. The highest BCUT2D eigenvalue weighted by atomic mass is 16.6. The van der Waals surface area contributed by atoms with Crippen molar-refractivity contribution in [3.8, 4) is 0 Å². The zero-order chi connectivity index (χ0) is 16.7. The zero-order valence-electron chi connectivity index (χ0n) is 13.4. The van der Waals surface area contributed by atoms with Crippen LogP contribution in [0.4, 0.5) is 0 Å². The van der Waals surface area contributed by atoms with Crippen molar-refractivity contribution >= 4 is 23.5 Å². The van der Waals surface area contributed by atoms with Crippen molar-refractivity contribution in [1.29, 1.82) is 0 Å². The standard InChI is InChI=1S/C17H24O6/c18-12(6-2-8-14-10-16(20)22-14)4-1-5-13(19)7-3-9-15-11-17(21)23-15/h14-15H,1-11H2. The Morgan fingerprint density at radius 1 is 0.739 bits per heavy atom. The molecule has 2 fully saturated rings. The van der Waals surface area contributed by atoms with Gasteiger partial charge in [-0.25, -0.2) is 0 Å². The lowest BCUT2D eigenvalue weighted by molar-refractivity contribution is -0.170. The van der Waals surface area contributed by atoms with Gasteiger partial charge in [0.2, 0.25) is 0 Å². The van der Waals surface area contributed by atoms with Crippen molar-refractivity contribution in [2.45, 2.75) is 82.8 Å². The lowest BCUT2D eigenvalue weighted by Crippen LogP contribution is -2.32. The van der Waals surface area contributed by atoms with Crippen LogP contribution in [-0.4, -0.2) is 35.7 Å². The molecule has 6 nitrogen and oxygen atoms in total. The van der Waals surface area contributed by atoms with Gasteiger partial charge in [-0.3, -0.25) is 19.2 Å². The molecule has 0 aromatic rings. The van der Waals surface area contributed by atoms with Gasteiger partial charge in [0.15, 0.2) is 0 Å². The van der Waals surface area contributed by atoms with E-state index < -0.39 is 0 Å². The van der Waals surface area contributed by atoms with Crippen molar-refractivity contribution in [2.75, 3.05) is 0 Å². The minimum Gasteiger partial charge on any atom is -0.462 e. The van der Waals surface area contributed by atoms with E-state index in [-0.39, 0.29) is 35.7 Å². The van der Waals surface area contributed by atoms with E-state index in [1.807, 2.05) is 0 Å². The van der Waals surface area contributed by atoms with E-state index in [2.05, 4.69) is 0 Å². The van der Waals surface area contributed by atoms with Crippen molar-refractivity contribution in [2.24, 2.45) is 0 Å². The number of carbonyl (C=O) groups excluding carboxylic acids is 4. The van der Waals surface area contributed by atoms with Crippen LogP contribution in [0.2, 0.25) is 0 Å². The molecule has 6 heteroatoms. The van der Waals surface area contributed by atoms with Crippen molar-refractivity contribution in [3.63, 3.8) is 0 Å². The molecule has 2 rings (SSSR count). The zero-order valence-corrected chi connectivity index (χ0v) is 13.4. The molecule has 0 N–H and O–H groups in total. The average Bonchev–Trinajstić information content (AvgIpc) is 2.43. The van der Waals surface area contributed by atoms with Gasteiger partial charge in [0, 0.05) is 25.7 Å². The fourth-order valence-electron chi connectivity index (χ4n) is 2.83. The van der Waals surface area contributed by atoms with Crippen LogP contribution in [0.1, 0.15) is 70.6 Å². The first-order chi connectivity index (χ1) is 11.0. The Balaban J connectivity index is 1.39. The molecule has 2 aliphatic rings. The third-order valence-corrected chi connectivity index (χ3v) is 4.26. The number of carbonyl (C=O) groups is 4. The van der Waals surface area contributed by atoms with Gasteiger partial charge >= 0.3 is 11.9 Å². The Bertz CT molecular complexity index is 412. The van der Waals surface area contributed by atoms with E-state index in [1.54, 1.807) is 0 Å². The summed E-state index contributed by atoms with van der Waals surface area (Å²) < 4.78 is 9.77. The Hall–Kier alpha value is -1.72. The fourth-order valence-corrected chi connectivity index (χ4v) is 2.83. The van der Waals surface area contributed by atoms with Crippen LogP contribution in [0.25, 0.3) is 0 Å². The molecule has 2 aliphatic heterocycles. The molecule has 2 unspecified atom stereocenters. The Morgan fingerprint density at radius 3 is 1.43 bits per heavy atom. The van der Waals surface area contributed by atoms with E-state index in [0.29, 0.717) is 44.9 Å². The van der Waals surface area contributed by atoms with Crippen LogP contribution in [-0.2, 0) is 28.7 Å². The van der Waals surface area contributed by atoms with Gasteiger partial charge in [-0.1, -0.05) is 0 Å². The van der Waals surface area contributed by atoms with E-state index >= 15 is 0 Å². The highest BCUT2D eigenvalue weighted by molar-refractivity contribution is 5.81. The summed E-state index contributed by atoms with van der Waals surface area (Å²) in [6.07, 6.45) is 6.43. The predicted octanol–water partition coefficient (Wildman–Crippen LogP) is 2.27. The summed E-state index contributed by atoms with van der Waals surface area (Å²) in [5.74, 6) is 0.0280. The molecule has 0 aromatic carbocycles. The Labute approximate surface area is 135 Å². The lowest BCUT2D eigenvalue weighted by atomic mass is 10.00. The molecule has 0 spiro atoms. The van der Waals surface area contributed by atoms with Crippen LogP contribution in [0, 0.1) is 0 Å². The molecule has 23 heavy (non-hydrogen) atoms. The summed E-state index contributed by atoms with van der Waals surface area (Å²) in [7, 11) is 0. The van der Waals surface area contributed by atoms with Crippen molar-refractivity contribution in [3.05, 3.63) is 0 Å². The topological polar surface area (TPSA) is 86.7 Å². The first kappa shape index (κ1) is 17.6. The van der Waals surface area contributed by atoms with Gasteiger partial charge in [0.05, 0.1) is 12.8 Å². The summed E-state index contributed by atoms with van der Waals surface area (Å²) in [6, 6.07) is 0. The third-order valence-electron chi connectivity index (χ3n) is 4.26. The monoisotopic (exact) mass is 324 g/mol. The van der Waals surface area contributed by atoms with E-state index in [1.165, 1.54) is 0 Å². The highest BCUT2D eigenvalue weighted by Gasteiger charge is 2.28. The number of cyclic esters (lactones) is 2. The van der Waals surface area contributed by atoms with Gasteiger partial charge in [-0.15, -0.1) is 0 Å². The summed E-state index contributed by atoms with van der Waals surface area (Å²) in [6.45, 7) is 0. The van der Waals surface area contributed by atoms with Crippen LogP contribution in [0.3, 0.4) is 0 Å². The second kappa shape index (κ2) is 8.79. The highest BCUT2D eigenvalue weighted by Crippen LogP contribution is 2.20. The molecule has 0 aromatic heterocycles. The summed E-state index contributed by atoms with van der Waals surface area (Å²) in [5, 5.41) is 0. The Kier molecular flexibility index (Phi) is 6.74. The predicted molar refractivity (Wildman–Crippen MR) is 80.6 cm³/mol. The van der Waals surface area contributed by atoms with E-state index in [4.69, 9.17) is 9.47 Å². The quantitative estimate of drug-likeness (QED) is 0.512. The molecule has 0 saturated carbocycles. The first-order valence-electron chi connectivity index (χ1n) is 8.45. The third kappa shape index (κ3) is 6.50. The molecular weight excluding hydrogens is 300 g/mol. The molecular formula is C17H24O6. The summed E-state index contributed by atoms with van der Waals surface area (Å²) in [5.41, 5.74) is 0. The second-order valence-electron chi connectivity index (χ2n) is 6.35. The number of esters is 2. The Morgan fingerprint density at radius 2 is 1.09 bits per heavy atom. The number of hydrogen-bond donors (Lipinski definition) is 0. The molecule has 2 atom stereocenters. The van der Waals surface area contributed by atoms with Gasteiger partial charge in [0.1, 0.15) is 23.8 Å². The molecule has 2 saturated heterocycles. The maximum absolute atomic E-state index is 11.7. The summed E-state index contributed by atoms with van der Waals surface area (Å²) in [4.78, 5) is 44.6. The molecule has 0 aliphatic carbocycles. The first-order valence-corrected chi connectivity index (χ1v) is 8.45. The number of ether oxygens (including phenoxy) is 2. The number of ketones is 2. The van der Waals surface area contributed by atoms with Crippen molar-refractivity contribution in [1.82, 2.24) is 0 Å². The SMILES string of the molecule is O=C(CCCC(=O)CCCC1CC(=O)O1)CCCC1CC(=O)O1. The fraction of sp³-hybridized carbons (Fsp3) is 0.765. The number of rotatable bonds is 12. The summed E-state index contributed by atoms with van der Waals surface area (Å²) >= 11 is 0. The van der Waals surface area contributed by atoms with E-state index in [0.717, 1.165) is 25.7 Å². The largest absolute Gasteiger partial charge is 0.462 e. The van der Waals surface area contributed by atoms with Gasteiger partial charge in [-0.05, 0) is 32.1 Å². The lowest BCUT2D eigenvalue weighted by Gasteiger charge is -2.25. The maximum Gasteiger partial charge on any atom is 0.309 e. The molecule has 0 amide bonds. The molecule has 2 heterocycles. The van der Waals surface area contributed by atoms with Crippen LogP contribution in [0.5, 0.6) is 0 Å². The average molecular weight is 324 g/mol. The molecule has 0 radical (unpaired) electrons. The minimum atomic E-state index is -0.157. The number of Topliss-reactive ketones (excluding diaryl/α,β-unsaturated/α-hetero) is 2. The molecule has 128 valence electrons. The maximum atomic E-state index is 11.7. The smallest absolute Gasteiger partial charge is 0.309 e. The normalized spacial score (nSPS) is 22.6. The van der Waals surface area contributed by atoms with Crippen LogP contribution < -0.4 is 0 Å².